The predicted octanol–water partition coefficient (Wildman–Crippen LogP) is 4.17. The molecule has 2 aromatic heterocycles. The zero-order valence-corrected chi connectivity index (χ0v) is 27.5. The Kier molecular flexibility index (Phi) is 10.1. The minimum Gasteiger partial charge on any atom is -0.497 e. The van der Waals surface area contributed by atoms with Gasteiger partial charge in [-0.25, -0.2) is 0 Å². The quantitative estimate of drug-likeness (QED) is 0.230. The molecule has 10 nitrogen and oxygen atoms in total. The summed E-state index contributed by atoms with van der Waals surface area (Å²) < 4.78 is 21.6. The summed E-state index contributed by atoms with van der Waals surface area (Å²) in [6.45, 7) is 12.1. The molecule has 46 heavy (non-hydrogen) atoms. The van der Waals surface area contributed by atoms with Gasteiger partial charge in [0.15, 0.2) is 0 Å². The van der Waals surface area contributed by atoms with Crippen LogP contribution in [0, 0.1) is 0 Å². The Morgan fingerprint density at radius 2 is 1.09 bits per heavy atom. The summed E-state index contributed by atoms with van der Waals surface area (Å²) in [7, 11) is 3.44. The number of nitrogens with one attached hydrogen (secondary N) is 4. The molecule has 0 saturated carbocycles. The molecule has 4 aliphatic heterocycles. The van der Waals surface area contributed by atoms with Crippen molar-refractivity contribution in [3.8, 4) is 11.5 Å². The molecule has 2 fully saturated rings. The third kappa shape index (κ3) is 6.93. The lowest BCUT2D eigenvalue weighted by Gasteiger charge is -2.30. The number of nitrogens with zero attached hydrogens (tertiary/aromatic N) is 2. The Labute approximate surface area is 272 Å². The molecule has 2 saturated heterocycles. The number of hydrogen-bond donors (Lipinski definition) is 4. The van der Waals surface area contributed by atoms with Crippen molar-refractivity contribution in [2.45, 2.75) is 37.8 Å². The second-order valence-electron chi connectivity index (χ2n) is 12.9. The molecule has 248 valence electrons. The van der Waals surface area contributed by atoms with Crippen LogP contribution >= 0.6 is 0 Å². The van der Waals surface area contributed by atoms with Gasteiger partial charge >= 0.3 is 0 Å². The standard InChI is InChI=1S/2C18H25N3O2/c2*1-22-13-2-3-14-15-4-6-19-16(18(15)20-17(14)12-13)5-7-21-8-10-23-11-9-21/h2*2-3,12,16,19-20H,4-11H2,1H3/t2*16-/m10/s1. The molecule has 4 aliphatic rings. The zero-order valence-electron chi connectivity index (χ0n) is 27.5. The number of aromatic nitrogens is 2. The van der Waals surface area contributed by atoms with Gasteiger partial charge in [0.05, 0.1) is 40.6 Å². The van der Waals surface area contributed by atoms with Gasteiger partial charge in [-0.3, -0.25) is 9.80 Å². The summed E-state index contributed by atoms with van der Waals surface area (Å²) in [6.07, 6.45) is 4.46. The molecule has 0 amide bonds. The highest BCUT2D eigenvalue weighted by molar-refractivity contribution is 5.87. The summed E-state index contributed by atoms with van der Waals surface area (Å²) >= 11 is 0. The molecule has 10 heteroatoms. The second-order valence-corrected chi connectivity index (χ2v) is 12.9. The lowest BCUT2D eigenvalue weighted by molar-refractivity contribution is 0.0359. The van der Waals surface area contributed by atoms with E-state index >= 15 is 0 Å². The first-order valence-electron chi connectivity index (χ1n) is 17.1. The maximum absolute atomic E-state index is 5.43. The van der Waals surface area contributed by atoms with E-state index in [0.29, 0.717) is 12.1 Å². The Morgan fingerprint density at radius 1 is 0.652 bits per heavy atom. The zero-order chi connectivity index (χ0) is 31.3. The van der Waals surface area contributed by atoms with Crippen molar-refractivity contribution in [1.82, 2.24) is 30.4 Å². The smallest absolute Gasteiger partial charge is 0.120 e. The summed E-state index contributed by atoms with van der Waals surface area (Å²) in [5, 5.41) is 10.1. The lowest BCUT2D eigenvalue weighted by Crippen LogP contribution is -2.39. The molecule has 0 unspecified atom stereocenters. The van der Waals surface area contributed by atoms with Gasteiger partial charge in [0, 0.05) is 96.7 Å². The van der Waals surface area contributed by atoms with Crippen molar-refractivity contribution in [1.29, 1.82) is 0 Å². The van der Waals surface area contributed by atoms with Gasteiger partial charge in [-0.2, -0.15) is 0 Å². The van der Waals surface area contributed by atoms with Gasteiger partial charge in [-0.05, 0) is 74.2 Å². The van der Waals surface area contributed by atoms with E-state index in [2.05, 4.69) is 66.8 Å². The van der Waals surface area contributed by atoms with E-state index in [9.17, 15) is 0 Å². The molecule has 0 aliphatic carbocycles. The fourth-order valence-electron chi connectivity index (χ4n) is 7.61. The average molecular weight is 631 g/mol. The molecular weight excluding hydrogens is 580 g/mol. The van der Waals surface area contributed by atoms with Crippen LogP contribution in [-0.2, 0) is 22.3 Å². The summed E-state index contributed by atoms with van der Waals surface area (Å²) in [6, 6.07) is 13.5. The Balaban J connectivity index is 0.000000147. The number of benzene rings is 2. The molecule has 6 heterocycles. The van der Waals surface area contributed by atoms with E-state index in [1.54, 1.807) is 14.2 Å². The van der Waals surface area contributed by atoms with Crippen LogP contribution in [0.3, 0.4) is 0 Å². The van der Waals surface area contributed by atoms with E-state index < -0.39 is 0 Å². The number of methoxy groups -OCH3 is 2. The Morgan fingerprint density at radius 3 is 1.50 bits per heavy atom. The second kappa shape index (κ2) is 14.8. The van der Waals surface area contributed by atoms with Gasteiger partial charge in [0.25, 0.3) is 0 Å². The normalized spacial score (nSPS) is 22.2. The van der Waals surface area contributed by atoms with Crippen LogP contribution in [0.2, 0.25) is 0 Å². The van der Waals surface area contributed by atoms with Crippen LogP contribution in [0.25, 0.3) is 21.8 Å². The van der Waals surface area contributed by atoms with Crippen molar-refractivity contribution < 1.29 is 18.9 Å². The van der Waals surface area contributed by atoms with Crippen molar-refractivity contribution >= 4 is 21.8 Å². The van der Waals surface area contributed by atoms with E-state index in [0.717, 1.165) is 116 Å². The number of fused-ring (bicyclic) bond motifs is 6. The van der Waals surface area contributed by atoms with Crippen LogP contribution in [-0.4, -0.2) is 113 Å². The monoisotopic (exact) mass is 630 g/mol. The van der Waals surface area contributed by atoms with Gasteiger partial charge < -0.3 is 39.5 Å². The van der Waals surface area contributed by atoms with Crippen molar-refractivity contribution in [3.63, 3.8) is 0 Å². The topological polar surface area (TPSA) is 99.0 Å². The Hall–Kier alpha value is -3.12. The molecule has 0 bridgehead atoms. The molecule has 8 rings (SSSR count). The first kappa shape index (κ1) is 31.5. The van der Waals surface area contributed by atoms with Crippen LogP contribution in [0.15, 0.2) is 36.4 Å². The minimum absolute atomic E-state index is 0.417. The fourth-order valence-corrected chi connectivity index (χ4v) is 7.61. The van der Waals surface area contributed by atoms with E-state index in [1.165, 1.54) is 44.3 Å². The lowest BCUT2D eigenvalue weighted by atomic mass is 9.97. The summed E-state index contributed by atoms with van der Waals surface area (Å²) in [5.74, 6) is 1.82. The van der Waals surface area contributed by atoms with E-state index in [4.69, 9.17) is 18.9 Å². The SMILES string of the molecule is COc1ccc2c3c([nH]c2c1)[C@@H](CCN1CCOCC1)NCC3.COc1ccc2c3c([nH]c2c1)[C@H](CCN1CCOCC1)NCC3. The highest BCUT2D eigenvalue weighted by Gasteiger charge is 2.26. The van der Waals surface area contributed by atoms with Crippen LogP contribution in [0.1, 0.15) is 47.4 Å². The number of H-pyrrole nitrogens is 2. The summed E-state index contributed by atoms with van der Waals surface area (Å²) in [5.41, 5.74) is 8.08. The third-order valence-corrected chi connectivity index (χ3v) is 10.2. The predicted molar refractivity (Wildman–Crippen MR) is 182 cm³/mol. The highest BCUT2D eigenvalue weighted by atomic mass is 16.5. The molecule has 2 atom stereocenters. The fraction of sp³-hybridized carbons (Fsp3) is 0.556. The summed E-state index contributed by atoms with van der Waals surface area (Å²) in [4.78, 5) is 12.3. The number of morpholine rings is 2. The van der Waals surface area contributed by atoms with Crippen LogP contribution in [0.4, 0.5) is 0 Å². The molecule has 4 aromatic rings. The maximum Gasteiger partial charge on any atom is 0.120 e. The van der Waals surface area contributed by atoms with Crippen LogP contribution < -0.4 is 20.1 Å². The van der Waals surface area contributed by atoms with Crippen molar-refractivity contribution in [3.05, 3.63) is 58.9 Å². The molecule has 0 radical (unpaired) electrons. The molecular formula is C36H50N6O4. The third-order valence-electron chi connectivity index (χ3n) is 10.2. The van der Waals surface area contributed by atoms with E-state index in [-0.39, 0.29) is 0 Å². The number of aromatic amines is 2. The molecule has 0 spiro atoms. The first-order valence-corrected chi connectivity index (χ1v) is 17.1. The minimum atomic E-state index is 0.417. The molecule has 4 N–H and O–H groups in total. The maximum atomic E-state index is 5.43. The number of rotatable bonds is 8. The average Bonchev–Trinajstić information content (AvgIpc) is 3.69. The van der Waals surface area contributed by atoms with Gasteiger partial charge in [-0.15, -0.1) is 0 Å². The molecule has 2 aromatic carbocycles. The number of ether oxygens (including phenoxy) is 4. The largest absolute Gasteiger partial charge is 0.497 e. The highest BCUT2D eigenvalue weighted by Crippen LogP contribution is 2.34. The van der Waals surface area contributed by atoms with Gasteiger partial charge in [0.1, 0.15) is 11.5 Å². The van der Waals surface area contributed by atoms with Crippen molar-refractivity contribution in [2.75, 3.05) is 93.0 Å². The van der Waals surface area contributed by atoms with Gasteiger partial charge in [-0.1, -0.05) is 0 Å². The van der Waals surface area contributed by atoms with Crippen molar-refractivity contribution in [2.24, 2.45) is 0 Å². The van der Waals surface area contributed by atoms with E-state index in [1.807, 2.05) is 0 Å². The van der Waals surface area contributed by atoms with Crippen LogP contribution in [0.5, 0.6) is 11.5 Å². The van der Waals surface area contributed by atoms with Gasteiger partial charge in [0.2, 0.25) is 0 Å². The Bertz CT molecular complexity index is 1470. The number of hydrogen-bond acceptors (Lipinski definition) is 8. The first-order chi connectivity index (χ1) is 22.7.